The van der Waals surface area contributed by atoms with Crippen molar-refractivity contribution in [1.82, 2.24) is 4.90 Å². The van der Waals surface area contributed by atoms with Crippen LogP contribution in [0.25, 0.3) is 0 Å². The van der Waals surface area contributed by atoms with Gasteiger partial charge >= 0.3 is 0 Å². The van der Waals surface area contributed by atoms with Crippen molar-refractivity contribution in [2.45, 2.75) is 45.1 Å². The molecule has 0 radical (unpaired) electrons. The number of piperidine rings is 1. The second-order valence-electron chi connectivity index (χ2n) is 4.58. The first-order valence-corrected chi connectivity index (χ1v) is 5.94. The van der Waals surface area contributed by atoms with E-state index < -0.39 is 0 Å². The monoisotopic (exact) mass is 195 g/mol. The Morgan fingerprint density at radius 3 is 3.21 bits per heavy atom. The van der Waals surface area contributed by atoms with Crippen LogP contribution in [0.5, 0.6) is 0 Å². The summed E-state index contributed by atoms with van der Waals surface area (Å²) in [5.74, 6) is 0.652. The minimum absolute atomic E-state index is 0.0784. The number of aliphatic hydroxyl groups is 1. The number of fused-ring (bicyclic) bond motifs is 1. The summed E-state index contributed by atoms with van der Waals surface area (Å²) in [4.78, 5) is 2.53. The molecule has 1 N–H and O–H groups in total. The molecular weight excluding hydrogens is 174 g/mol. The van der Waals surface area contributed by atoms with Gasteiger partial charge in [-0.3, -0.25) is 0 Å². The van der Waals surface area contributed by atoms with Crippen LogP contribution < -0.4 is 0 Å². The molecule has 0 bridgehead atoms. The van der Waals surface area contributed by atoms with Crippen LogP contribution >= 0.6 is 0 Å². The van der Waals surface area contributed by atoms with Crippen molar-refractivity contribution in [2.24, 2.45) is 5.92 Å². The topological polar surface area (TPSA) is 23.5 Å². The molecule has 2 rings (SSSR count). The Hall–Kier alpha value is -0.500. The Morgan fingerprint density at radius 1 is 1.57 bits per heavy atom. The first kappa shape index (κ1) is 10.0. The standard InChI is InChI=1S/C12H21NO/c1-2-7-13-8-3-4-10-9-11(14)5-6-12(10)13/h6,10-11,14H,2-5,7-9H2,1H3. The number of hydrogen-bond acceptors (Lipinski definition) is 2. The van der Waals surface area contributed by atoms with Crippen LogP contribution in [0.1, 0.15) is 39.0 Å². The molecule has 2 unspecified atom stereocenters. The van der Waals surface area contributed by atoms with E-state index in [1.807, 2.05) is 0 Å². The highest BCUT2D eigenvalue weighted by Crippen LogP contribution is 2.34. The van der Waals surface area contributed by atoms with E-state index in [1.54, 1.807) is 0 Å². The van der Waals surface area contributed by atoms with E-state index >= 15 is 0 Å². The third kappa shape index (κ3) is 1.95. The van der Waals surface area contributed by atoms with E-state index in [2.05, 4.69) is 17.9 Å². The lowest BCUT2D eigenvalue weighted by atomic mass is 9.83. The lowest BCUT2D eigenvalue weighted by Crippen LogP contribution is -2.37. The summed E-state index contributed by atoms with van der Waals surface area (Å²) >= 11 is 0. The maximum Gasteiger partial charge on any atom is 0.0581 e. The van der Waals surface area contributed by atoms with Gasteiger partial charge in [0, 0.05) is 24.7 Å². The lowest BCUT2D eigenvalue weighted by Gasteiger charge is -2.40. The molecule has 1 saturated heterocycles. The van der Waals surface area contributed by atoms with E-state index in [0.29, 0.717) is 5.92 Å². The number of hydrogen-bond donors (Lipinski definition) is 1. The highest BCUT2D eigenvalue weighted by atomic mass is 16.3. The number of allylic oxidation sites excluding steroid dienone is 1. The molecule has 2 aliphatic rings. The predicted molar refractivity (Wildman–Crippen MR) is 57.9 cm³/mol. The minimum atomic E-state index is -0.0784. The van der Waals surface area contributed by atoms with E-state index in [9.17, 15) is 5.11 Å². The van der Waals surface area contributed by atoms with Crippen molar-refractivity contribution in [3.63, 3.8) is 0 Å². The zero-order chi connectivity index (χ0) is 9.97. The van der Waals surface area contributed by atoms with E-state index in [4.69, 9.17) is 0 Å². The second kappa shape index (κ2) is 4.35. The van der Waals surface area contributed by atoms with Crippen molar-refractivity contribution in [2.75, 3.05) is 13.1 Å². The molecule has 14 heavy (non-hydrogen) atoms. The van der Waals surface area contributed by atoms with Gasteiger partial charge in [-0.05, 0) is 32.1 Å². The molecule has 1 fully saturated rings. The van der Waals surface area contributed by atoms with Crippen LogP contribution in [0.3, 0.4) is 0 Å². The van der Waals surface area contributed by atoms with Gasteiger partial charge in [0.15, 0.2) is 0 Å². The first-order chi connectivity index (χ1) is 6.81. The van der Waals surface area contributed by atoms with Crippen LogP contribution in [-0.4, -0.2) is 29.2 Å². The maximum absolute atomic E-state index is 9.60. The van der Waals surface area contributed by atoms with Crippen molar-refractivity contribution in [3.8, 4) is 0 Å². The van der Waals surface area contributed by atoms with Gasteiger partial charge in [-0.15, -0.1) is 0 Å². The Morgan fingerprint density at radius 2 is 2.43 bits per heavy atom. The number of rotatable bonds is 2. The van der Waals surface area contributed by atoms with E-state index in [1.165, 1.54) is 38.0 Å². The quantitative estimate of drug-likeness (QED) is 0.729. The molecule has 0 aromatic heterocycles. The fourth-order valence-corrected chi connectivity index (χ4v) is 2.79. The molecule has 1 aliphatic heterocycles. The molecule has 0 amide bonds. The van der Waals surface area contributed by atoms with Gasteiger partial charge in [0.05, 0.1) is 6.10 Å². The fraction of sp³-hybridized carbons (Fsp3) is 0.833. The maximum atomic E-state index is 9.60. The molecular formula is C12H21NO. The molecule has 2 heteroatoms. The smallest absolute Gasteiger partial charge is 0.0581 e. The Balaban J connectivity index is 2.07. The summed E-state index contributed by atoms with van der Waals surface area (Å²) in [7, 11) is 0. The highest BCUT2D eigenvalue weighted by Gasteiger charge is 2.29. The summed E-state index contributed by atoms with van der Waals surface area (Å²) in [6.45, 7) is 4.66. The molecule has 1 heterocycles. The molecule has 80 valence electrons. The Kier molecular flexibility index (Phi) is 3.12. The van der Waals surface area contributed by atoms with Crippen molar-refractivity contribution >= 4 is 0 Å². The van der Waals surface area contributed by atoms with Crippen molar-refractivity contribution < 1.29 is 5.11 Å². The van der Waals surface area contributed by atoms with Crippen molar-refractivity contribution in [1.29, 1.82) is 0 Å². The third-order valence-electron chi connectivity index (χ3n) is 3.41. The van der Waals surface area contributed by atoms with Crippen LogP contribution in [0.2, 0.25) is 0 Å². The van der Waals surface area contributed by atoms with Crippen LogP contribution in [0.4, 0.5) is 0 Å². The second-order valence-corrected chi connectivity index (χ2v) is 4.58. The van der Waals surface area contributed by atoms with Crippen LogP contribution in [-0.2, 0) is 0 Å². The summed E-state index contributed by atoms with van der Waals surface area (Å²) in [6.07, 6.45) is 7.86. The largest absolute Gasteiger partial charge is 0.393 e. The van der Waals surface area contributed by atoms with Gasteiger partial charge in [-0.25, -0.2) is 0 Å². The summed E-state index contributed by atoms with van der Waals surface area (Å²) in [5, 5.41) is 9.60. The summed E-state index contributed by atoms with van der Waals surface area (Å²) in [5.41, 5.74) is 1.53. The minimum Gasteiger partial charge on any atom is -0.393 e. The predicted octanol–water partition coefficient (Wildman–Crippen LogP) is 2.15. The average Bonchev–Trinajstić information content (AvgIpc) is 2.18. The SMILES string of the molecule is CCCN1CCCC2CC(O)CC=C21. The van der Waals surface area contributed by atoms with Gasteiger partial charge < -0.3 is 10.0 Å². The lowest BCUT2D eigenvalue weighted by molar-refractivity contribution is 0.113. The number of likely N-dealkylation sites (tertiary alicyclic amines) is 1. The normalized spacial score (nSPS) is 32.4. The molecule has 0 spiro atoms. The molecule has 0 aromatic rings. The Bertz CT molecular complexity index is 222. The highest BCUT2D eigenvalue weighted by molar-refractivity contribution is 5.13. The molecule has 2 atom stereocenters. The van der Waals surface area contributed by atoms with Crippen LogP contribution in [0.15, 0.2) is 11.8 Å². The van der Waals surface area contributed by atoms with Gasteiger partial charge in [-0.1, -0.05) is 13.0 Å². The zero-order valence-electron chi connectivity index (χ0n) is 9.08. The summed E-state index contributed by atoms with van der Waals surface area (Å²) < 4.78 is 0. The average molecular weight is 195 g/mol. The zero-order valence-corrected chi connectivity index (χ0v) is 9.08. The van der Waals surface area contributed by atoms with Gasteiger partial charge in [0.2, 0.25) is 0 Å². The molecule has 1 aliphatic carbocycles. The number of nitrogens with zero attached hydrogens (tertiary/aromatic N) is 1. The van der Waals surface area contributed by atoms with Gasteiger partial charge in [0.1, 0.15) is 0 Å². The van der Waals surface area contributed by atoms with E-state index in [0.717, 1.165) is 12.8 Å². The van der Waals surface area contributed by atoms with Gasteiger partial charge in [0.25, 0.3) is 0 Å². The third-order valence-corrected chi connectivity index (χ3v) is 3.41. The van der Waals surface area contributed by atoms with Crippen LogP contribution in [0, 0.1) is 5.92 Å². The summed E-state index contributed by atoms with van der Waals surface area (Å²) in [6, 6.07) is 0. The molecule has 2 nitrogen and oxygen atoms in total. The van der Waals surface area contributed by atoms with Crippen molar-refractivity contribution in [3.05, 3.63) is 11.8 Å². The van der Waals surface area contributed by atoms with Gasteiger partial charge in [-0.2, -0.15) is 0 Å². The Labute approximate surface area is 86.6 Å². The fourth-order valence-electron chi connectivity index (χ4n) is 2.79. The molecule has 0 aromatic carbocycles. The first-order valence-electron chi connectivity index (χ1n) is 5.94. The van der Waals surface area contributed by atoms with E-state index in [-0.39, 0.29) is 6.10 Å². The number of aliphatic hydroxyl groups excluding tert-OH is 1. The molecule has 0 saturated carbocycles.